The van der Waals surface area contributed by atoms with Gasteiger partial charge in [0.05, 0.1) is 11.9 Å². The fourth-order valence-corrected chi connectivity index (χ4v) is 3.01. The highest BCUT2D eigenvalue weighted by molar-refractivity contribution is 9.10. The molecule has 0 bridgehead atoms. The van der Waals surface area contributed by atoms with Gasteiger partial charge >= 0.3 is 0 Å². The van der Waals surface area contributed by atoms with Gasteiger partial charge in [0.1, 0.15) is 4.47 Å². The molecule has 1 aromatic heterocycles. The number of rotatable bonds is 5. The molecule has 0 aliphatic carbocycles. The number of aryl methyl sites for hydroxylation is 1. The van der Waals surface area contributed by atoms with E-state index >= 15 is 0 Å². The zero-order valence-electron chi connectivity index (χ0n) is 12.4. The maximum atomic E-state index is 12.0. The van der Waals surface area contributed by atoms with Gasteiger partial charge in [-0.15, -0.1) is 0 Å². The first-order chi connectivity index (χ1) is 9.52. The molecular formula is C14H23BrN4O. The predicted octanol–water partition coefficient (Wildman–Crippen LogP) is 2.17. The summed E-state index contributed by atoms with van der Waals surface area (Å²) in [5.41, 5.74) is 0.718. The van der Waals surface area contributed by atoms with Crippen LogP contribution in [0.25, 0.3) is 0 Å². The van der Waals surface area contributed by atoms with Crippen molar-refractivity contribution >= 4 is 21.6 Å². The molecule has 0 aromatic carbocycles. The second-order valence-corrected chi connectivity index (χ2v) is 6.41. The number of nitrogens with zero attached hydrogens (tertiary/aromatic N) is 3. The highest BCUT2D eigenvalue weighted by atomic mass is 79.9. The van der Waals surface area contributed by atoms with Crippen molar-refractivity contribution in [3.8, 4) is 0 Å². The summed E-state index contributed by atoms with van der Waals surface area (Å²) in [7, 11) is 0. The summed E-state index contributed by atoms with van der Waals surface area (Å²) < 4.78 is 2.03. The van der Waals surface area contributed by atoms with Gasteiger partial charge in [0.15, 0.2) is 0 Å². The third-order valence-electron chi connectivity index (χ3n) is 3.91. The van der Waals surface area contributed by atoms with Crippen molar-refractivity contribution < 1.29 is 0 Å². The maximum absolute atomic E-state index is 12.0. The standard InChI is InChI=1S/C14H23BrN4O/c1-4-19-14(20)13(15)12(8-17-19)16-7-11-5-6-18(9-11)10(2)3/h8,10-11,16H,4-7,9H2,1-3H3. The Kier molecular flexibility index (Phi) is 5.21. The third-order valence-corrected chi connectivity index (χ3v) is 4.68. The summed E-state index contributed by atoms with van der Waals surface area (Å²) in [4.78, 5) is 14.5. The van der Waals surface area contributed by atoms with Crippen molar-refractivity contribution in [3.05, 3.63) is 21.0 Å². The summed E-state index contributed by atoms with van der Waals surface area (Å²) in [6, 6.07) is 0.613. The van der Waals surface area contributed by atoms with Crippen LogP contribution in [0, 0.1) is 5.92 Å². The zero-order chi connectivity index (χ0) is 14.7. The highest BCUT2D eigenvalue weighted by Gasteiger charge is 2.24. The molecule has 0 spiro atoms. The lowest BCUT2D eigenvalue weighted by atomic mass is 10.1. The van der Waals surface area contributed by atoms with Crippen LogP contribution in [0.4, 0.5) is 5.69 Å². The molecule has 1 saturated heterocycles. The van der Waals surface area contributed by atoms with E-state index in [1.165, 1.54) is 17.6 Å². The Bertz CT molecular complexity index is 514. The molecule has 1 atom stereocenters. The van der Waals surface area contributed by atoms with Crippen LogP contribution in [0.2, 0.25) is 0 Å². The Morgan fingerprint density at radius 3 is 2.90 bits per heavy atom. The lowest BCUT2D eigenvalue weighted by molar-refractivity contribution is 0.266. The number of nitrogens with one attached hydrogen (secondary N) is 1. The fraction of sp³-hybridized carbons (Fsp3) is 0.714. The molecule has 1 aromatic rings. The van der Waals surface area contributed by atoms with Gasteiger partial charge in [0, 0.05) is 25.7 Å². The summed E-state index contributed by atoms with van der Waals surface area (Å²) in [5, 5.41) is 7.50. The first kappa shape index (κ1) is 15.5. The van der Waals surface area contributed by atoms with E-state index in [-0.39, 0.29) is 5.56 Å². The van der Waals surface area contributed by atoms with E-state index in [0.717, 1.165) is 18.8 Å². The normalized spacial score (nSPS) is 19.8. The van der Waals surface area contributed by atoms with Gasteiger partial charge in [-0.2, -0.15) is 5.10 Å². The second-order valence-electron chi connectivity index (χ2n) is 5.62. The Morgan fingerprint density at radius 2 is 2.30 bits per heavy atom. The highest BCUT2D eigenvalue weighted by Crippen LogP contribution is 2.21. The first-order valence-corrected chi connectivity index (χ1v) is 8.05. The van der Waals surface area contributed by atoms with Crippen molar-refractivity contribution in [3.63, 3.8) is 0 Å². The number of anilines is 1. The van der Waals surface area contributed by atoms with E-state index in [9.17, 15) is 4.79 Å². The Labute approximate surface area is 128 Å². The fourth-order valence-electron chi connectivity index (χ4n) is 2.57. The van der Waals surface area contributed by atoms with Crippen molar-refractivity contribution in [2.75, 3.05) is 25.0 Å². The second kappa shape index (κ2) is 6.72. The molecule has 112 valence electrons. The van der Waals surface area contributed by atoms with Crippen LogP contribution in [0.3, 0.4) is 0 Å². The van der Waals surface area contributed by atoms with Gasteiger partial charge in [0.2, 0.25) is 0 Å². The number of hydrogen-bond acceptors (Lipinski definition) is 4. The van der Waals surface area contributed by atoms with E-state index < -0.39 is 0 Å². The van der Waals surface area contributed by atoms with Crippen molar-refractivity contribution in [1.82, 2.24) is 14.7 Å². The molecule has 1 aliphatic rings. The molecule has 20 heavy (non-hydrogen) atoms. The number of aromatic nitrogens is 2. The molecule has 1 aliphatic heterocycles. The summed E-state index contributed by atoms with van der Waals surface area (Å²) >= 11 is 3.37. The molecule has 0 amide bonds. The number of likely N-dealkylation sites (tertiary alicyclic amines) is 1. The van der Waals surface area contributed by atoms with Crippen LogP contribution >= 0.6 is 15.9 Å². The van der Waals surface area contributed by atoms with Crippen molar-refractivity contribution in [2.45, 2.75) is 39.8 Å². The molecule has 1 N–H and O–H groups in total. The minimum atomic E-state index is -0.0762. The predicted molar refractivity (Wildman–Crippen MR) is 85.2 cm³/mol. The summed E-state index contributed by atoms with van der Waals surface area (Å²) in [6.07, 6.45) is 2.94. The lowest BCUT2D eigenvalue weighted by Gasteiger charge is -2.20. The molecule has 1 unspecified atom stereocenters. The molecule has 0 radical (unpaired) electrons. The topological polar surface area (TPSA) is 50.2 Å². The van der Waals surface area contributed by atoms with Crippen LogP contribution < -0.4 is 10.9 Å². The zero-order valence-corrected chi connectivity index (χ0v) is 14.0. The average molecular weight is 343 g/mol. The molecule has 0 saturated carbocycles. The molecular weight excluding hydrogens is 320 g/mol. The Balaban J connectivity index is 1.95. The van der Waals surface area contributed by atoms with E-state index in [1.807, 2.05) is 6.92 Å². The first-order valence-electron chi connectivity index (χ1n) is 7.26. The summed E-state index contributed by atoms with van der Waals surface area (Å²) in [5.74, 6) is 0.637. The smallest absolute Gasteiger partial charge is 0.283 e. The van der Waals surface area contributed by atoms with E-state index in [2.05, 4.69) is 45.1 Å². The number of hydrogen-bond donors (Lipinski definition) is 1. The minimum Gasteiger partial charge on any atom is -0.382 e. The molecule has 2 rings (SSSR count). The molecule has 1 fully saturated rings. The van der Waals surface area contributed by atoms with Crippen LogP contribution in [0.5, 0.6) is 0 Å². The van der Waals surface area contributed by atoms with Crippen molar-refractivity contribution in [1.29, 1.82) is 0 Å². The van der Waals surface area contributed by atoms with Crippen molar-refractivity contribution in [2.24, 2.45) is 5.92 Å². The maximum Gasteiger partial charge on any atom is 0.283 e. The van der Waals surface area contributed by atoms with E-state index in [4.69, 9.17) is 0 Å². The summed E-state index contributed by atoms with van der Waals surface area (Å²) in [6.45, 7) is 10.2. The average Bonchev–Trinajstić information content (AvgIpc) is 2.89. The molecule has 5 nitrogen and oxygen atoms in total. The van der Waals surface area contributed by atoms with E-state index in [1.54, 1.807) is 6.20 Å². The van der Waals surface area contributed by atoms with Gasteiger partial charge in [-0.3, -0.25) is 4.79 Å². The SMILES string of the molecule is CCn1ncc(NCC2CCN(C(C)C)C2)c(Br)c1=O. The third kappa shape index (κ3) is 3.41. The van der Waals surface area contributed by atoms with Gasteiger partial charge in [0.25, 0.3) is 5.56 Å². The van der Waals surface area contributed by atoms with Crippen LogP contribution in [0.15, 0.2) is 15.5 Å². The van der Waals surface area contributed by atoms with Gasteiger partial charge in [-0.1, -0.05) is 0 Å². The Morgan fingerprint density at radius 1 is 1.55 bits per heavy atom. The van der Waals surface area contributed by atoms with Gasteiger partial charge < -0.3 is 10.2 Å². The monoisotopic (exact) mass is 342 g/mol. The van der Waals surface area contributed by atoms with Crippen LogP contribution in [0.1, 0.15) is 27.2 Å². The van der Waals surface area contributed by atoms with Gasteiger partial charge in [-0.25, -0.2) is 4.68 Å². The molecule has 2 heterocycles. The van der Waals surface area contributed by atoms with Crippen LogP contribution in [-0.4, -0.2) is 40.4 Å². The van der Waals surface area contributed by atoms with E-state index in [0.29, 0.717) is 23.0 Å². The largest absolute Gasteiger partial charge is 0.382 e. The Hall–Kier alpha value is -0.880. The number of halogens is 1. The minimum absolute atomic E-state index is 0.0762. The van der Waals surface area contributed by atoms with Crippen LogP contribution in [-0.2, 0) is 6.54 Å². The lowest BCUT2D eigenvalue weighted by Crippen LogP contribution is -2.29. The quantitative estimate of drug-likeness (QED) is 0.890. The van der Waals surface area contributed by atoms with Gasteiger partial charge in [-0.05, 0) is 55.6 Å². The molecule has 6 heteroatoms.